The first-order valence-electron chi connectivity index (χ1n) is 7.70. The van der Waals surface area contributed by atoms with Gasteiger partial charge in [0.2, 0.25) is 11.9 Å². The van der Waals surface area contributed by atoms with Gasteiger partial charge >= 0.3 is 0 Å². The van der Waals surface area contributed by atoms with Gasteiger partial charge < -0.3 is 15.0 Å². The molecule has 1 saturated carbocycles. The molecule has 1 aliphatic heterocycles. The number of rotatable bonds is 6. The summed E-state index contributed by atoms with van der Waals surface area (Å²) in [7, 11) is 0. The van der Waals surface area contributed by atoms with E-state index < -0.39 is 0 Å². The molecule has 1 aliphatic carbocycles. The molecule has 0 aromatic carbocycles. The molecule has 1 saturated heterocycles. The summed E-state index contributed by atoms with van der Waals surface area (Å²) in [6.07, 6.45) is 8.02. The van der Waals surface area contributed by atoms with Crippen molar-refractivity contribution in [3.05, 3.63) is 18.5 Å². The van der Waals surface area contributed by atoms with Gasteiger partial charge in [0, 0.05) is 31.5 Å². The zero-order valence-corrected chi connectivity index (χ0v) is 12.2. The van der Waals surface area contributed by atoms with Crippen LogP contribution in [0.4, 0.5) is 5.95 Å². The van der Waals surface area contributed by atoms with Gasteiger partial charge in [-0.15, -0.1) is 0 Å². The summed E-state index contributed by atoms with van der Waals surface area (Å²) >= 11 is 0. The summed E-state index contributed by atoms with van der Waals surface area (Å²) in [5, 5.41) is 3.05. The molecule has 21 heavy (non-hydrogen) atoms. The molecule has 114 valence electrons. The van der Waals surface area contributed by atoms with Gasteiger partial charge in [0.05, 0.1) is 6.61 Å². The average Bonchev–Trinajstić information content (AvgIpc) is 3.33. The van der Waals surface area contributed by atoms with E-state index in [0.29, 0.717) is 5.92 Å². The number of hydrogen-bond donors (Lipinski definition) is 1. The molecule has 2 heterocycles. The molecule has 2 fully saturated rings. The van der Waals surface area contributed by atoms with Crippen LogP contribution in [0.15, 0.2) is 18.5 Å². The Labute approximate surface area is 124 Å². The number of nitrogens with one attached hydrogen (secondary N) is 1. The van der Waals surface area contributed by atoms with Crippen LogP contribution in [0.2, 0.25) is 0 Å². The summed E-state index contributed by atoms with van der Waals surface area (Å²) in [4.78, 5) is 22.5. The van der Waals surface area contributed by atoms with Crippen LogP contribution >= 0.6 is 0 Å². The number of anilines is 1. The smallest absolute Gasteiger partial charge is 0.246 e. The molecule has 3 rings (SSSR count). The van der Waals surface area contributed by atoms with Crippen molar-refractivity contribution in [1.82, 2.24) is 15.3 Å². The second-order valence-electron chi connectivity index (χ2n) is 5.86. The molecule has 0 unspecified atom stereocenters. The Kier molecular flexibility index (Phi) is 4.65. The molecule has 1 aromatic heterocycles. The van der Waals surface area contributed by atoms with Gasteiger partial charge in [0.25, 0.3) is 0 Å². The number of piperidine rings is 1. The van der Waals surface area contributed by atoms with Gasteiger partial charge in [-0.25, -0.2) is 9.97 Å². The summed E-state index contributed by atoms with van der Waals surface area (Å²) < 4.78 is 5.42. The van der Waals surface area contributed by atoms with Gasteiger partial charge in [-0.05, 0) is 37.7 Å². The fourth-order valence-corrected chi connectivity index (χ4v) is 2.60. The lowest BCUT2D eigenvalue weighted by molar-refractivity contribution is -0.126. The van der Waals surface area contributed by atoms with Gasteiger partial charge in [-0.2, -0.15) is 0 Å². The first-order valence-corrected chi connectivity index (χ1v) is 7.70. The predicted octanol–water partition coefficient (Wildman–Crippen LogP) is 0.988. The van der Waals surface area contributed by atoms with E-state index in [0.717, 1.165) is 38.5 Å². The number of carbonyl (C=O) groups is 1. The number of nitrogens with zero attached hydrogens (tertiary/aromatic N) is 3. The number of ether oxygens (including phenoxy) is 1. The van der Waals surface area contributed by atoms with E-state index in [-0.39, 0.29) is 18.6 Å². The molecule has 2 aliphatic rings. The Morgan fingerprint density at radius 3 is 2.90 bits per heavy atom. The van der Waals surface area contributed by atoms with Crippen LogP contribution < -0.4 is 10.2 Å². The third-order valence-corrected chi connectivity index (χ3v) is 3.91. The minimum absolute atomic E-state index is 0.0171. The maximum atomic E-state index is 11.9. The first kappa shape index (κ1) is 14.3. The summed E-state index contributed by atoms with van der Waals surface area (Å²) in [6, 6.07) is 1.96. The van der Waals surface area contributed by atoms with Crippen LogP contribution in [-0.4, -0.2) is 48.2 Å². The Hall–Kier alpha value is -1.69. The largest absolute Gasteiger partial charge is 0.371 e. The Balaban J connectivity index is 1.43. The predicted molar refractivity (Wildman–Crippen MR) is 79.0 cm³/mol. The number of amides is 1. The van der Waals surface area contributed by atoms with E-state index in [2.05, 4.69) is 20.2 Å². The zero-order valence-electron chi connectivity index (χ0n) is 12.2. The maximum absolute atomic E-state index is 11.9. The van der Waals surface area contributed by atoms with Crippen LogP contribution in [0.25, 0.3) is 0 Å². The van der Waals surface area contributed by atoms with E-state index in [1.807, 2.05) is 6.07 Å². The molecular formula is C15H22N4O2. The number of aromatic nitrogens is 2. The quantitative estimate of drug-likeness (QED) is 0.846. The van der Waals surface area contributed by atoms with Crippen molar-refractivity contribution in [3.8, 4) is 0 Å². The number of hydrogen-bond acceptors (Lipinski definition) is 5. The fraction of sp³-hybridized carbons (Fsp3) is 0.667. The second-order valence-corrected chi connectivity index (χ2v) is 5.86. The van der Waals surface area contributed by atoms with Crippen molar-refractivity contribution in [2.75, 3.05) is 31.2 Å². The Morgan fingerprint density at radius 1 is 1.33 bits per heavy atom. The molecule has 1 atom stereocenters. The monoisotopic (exact) mass is 290 g/mol. The van der Waals surface area contributed by atoms with E-state index >= 15 is 0 Å². The standard InChI is InChI=1S/C15H22N4O2/c20-14(11-21-10-12-4-5-12)18-13-3-1-8-19(9-13)15-16-6-2-7-17-15/h2,6-7,12-13H,1,3-5,8-11H2,(H,18,20)/t13-/m1/s1. The van der Waals surface area contributed by atoms with Crippen molar-refractivity contribution in [3.63, 3.8) is 0 Å². The lowest BCUT2D eigenvalue weighted by atomic mass is 10.1. The highest BCUT2D eigenvalue weighted by molar-refractivity contribution is 5.77. The van der Waals surface area contributed by atoms with Gasteiger partial charge in [-0.1, -0.05) is 0 Å². The maximum Gasteiger partial charge on any atom is 0.246 e. The van der Waals surface area contributed by atoms with Crippen molar-refractivity contribution < 1.29 is 9.53 Å². The lowest BCUT2D eigenvalue weighted by Gasteiger charge is -2.33. The SMILES string of the molecule is O=C(COCC1CC1)N[C@@H]1CCCN(c2ncccn2)C1. The van der Waals surface area contributed by atoms with E-state index in [1.165, 1.54) is 12.8 Å². The lowest BCUT2D eigenvalue weighted by Crippen LogP contribution is -2.49. The molecule has 6 heteroatoms. The molecular weight excluding hydrogens is 268 g/mol. The van der Waals surface area contributed by atoms with Crippen LogP contribution in [0.1, 0.15) is 25.7 Å². The summed E-state index contributed by atoms with van der Waals surface area (Å²) in [5.74, 6) is 1.41. The van der Waals surface area contributed by atoms with Crippen molar-refractivity contribution in [2.45, 2.75) is 31.7 Å². The van der Waals surface area contributed by atoms with E-state index in [4.69, 9.17) is 4.74 Å². The van der Waals surface area contributed by atoms with E-state index in [1.54, 1.807) is 12.4 Å². The summed E-state index contributed by atoms with van der Waals surface area (Å²) in [5.41, 5.74) is 0. The second kappa shape index (κ2) is 6.85. The van der Waals surface area contributed by atoms with Crippen LogP contribution in [-0.2, 0) is 9.53 Å². The number of carbonyl (C=O) groups excluding carboxylic acids is 1. The van der Waals surface area contributed by atoms with Crippen molar-refractivity contribution in [2.24, 2.45) is 5.92 Å². The summed E-state index contributed by atoms with van der Waals surface area (Å²) in [6.45, 7) is 2.60. The zero-order chi connectivity index (χ0) is 14.5. The van der Waals surface area contributed by atoms with E-state index in [9.17, 15) is 4.79 Å². The highest BCUT2D eigenvalue weighted by Crippen LogP contribution is 2.28. The highest BCUT2D eigenvalue weighted by atomic mass is 16.5. The Bertz CT molecular complexity index is 464. The van der Waals surface area contributed by atoms with Gasteiger partial charge in [-0.3, -0.25) is 4.79 Å². The fourth-order valence-electron chi connectivity index (χ4n) is 2.60. The normalized spacial score (nSPS) is 22.1. The minimum Gasteiger partial charge on any atom is -0.371 e. The van der Waals surface area contributed by atoms with Crippen molar-refractivity contribution >= 4 is 11.9 Å². The highest BCUT2D eigenvalue weighted by Gasteiger charge is 2.24. The minimum atomic E-state index is -0.0171. The van der Waals surface area contributed by atoms with Crippen LogP contribution in [0.5, 0.6) is 0 Å². The van der Waals surface area contributed by atoms with Gasteiger partial charge in [0.1, 0.15) is 6.61 Å². The Morgan fingerprint density at radius 2 is 2.14 bits per heavy atom. The third kappa shape index (κ3) is 4.39. The van der Waals surface area contributed by atoms with Crippen molar-refractivity contribution in [1.29, 1.82) is 0 Å². The first-order chi connectivity index (χ1) is 10.3. The topological polar surface area (TPSA) is 67.3 Å². The molecule has 0 bridgehead atoms. The average molecular weight is 290 g/mol. The molecule has 0 radical (unpaired) electrons. The van der Waals surface area contributed by atoms with Gasteiger partial charge in [0.15, 0.2) is 0 Å². The molecule has 1 N–H and O–H groups in total. The van der Waals surface area contributed by atoms with Crippen LogP contribution in [0.3, 0.4) is 0 Å². The molecule has 1 amide bonds. The van der Waals surface area contributed by atoms with Crippen LogP contribution in [0, 0.1) is 5.92 Å². The molecule has 0 spiro atoms. The molecule has 1 aromatic rings. The third-order valence-electron chi connectivity index (χ3n) is 3.91. The molecule has 6 nitrogen and oxygen atoms in total.